The summed E-state index contributed by atoms with van der Waals surface area (Å²) < 4.78 is 5.60. The Kier molecular flexibility index (Phi) is 6.09. The van der Waals surface area contributed by atoms with Crippen LogP contribution in [-0.2, 0) is 11.2 Å². The zero-order valence-electron chi connectivity index (χ0n) is 20.7. The van der Waals surface area contributed by atoms with Crippen LogP contribution in [0.3, 0.4) is 0 Å². The minimum atomic E-state index is 0.0679. The van der Waals surface area contributed by atoms with E-state index in [0.29, 0.717) is 44.7 Å². The van der Waals surface area contributed by atoms with Crippen LogP contribution in [0.15, 0.2) is 47.1 Å². The van der Waals surface area contributed by atoms with E-state index in [0.717, 1.165) is 64.7 Å². The van der Waals surface area contributed by atoms with Crippen molar-refractivity contribution in [2.24, 2.45) is 5.92 Å². The number of benzene rings is 1. The molecule has 3 aromatic rings. The summed E-state index contributed by atoms with van der Waals surface area (Å²) in [5.41, 5.74) is 4.70. The maximum atomic E-state index is 14.1. The molecular formula is C29H32N4O3. The molecule has 36 heavy (non-hydrogen) atoms. The molecule has 0 radical (unpaired) electrons. The molecule has 1 atom stereocenters. The van der Waals surface area contributed by atoms with Crippen LogP contribution < -0.4 is 5.32 Å². The van der Waals surface area contributed by atoms with Crippen molar-refractivity contribution >= 4 is 34.4 Å². The van der Waals surface area contributed by atoms with Crippen LogP contribution in [0.5, 0.6) is 0 Å². The molecule has 1 saturated heterocycles. The van der Waals surface area contributed by atoms with Crippen molar-refractivity contribution in [2.45, 2.75) is 38.6 Å². The number of amides is 2. The molecular weight excluding hydrogens is 452 g/mol. The molecule has 1 N–H and O–H groups in total. The molecule has 2 amide bonds. The van der Waals surface area contributed by atoms with E-state index in [9.17, 15) is 9.59 Å². The Hall–Kier alpha value is -3.45. The molecule has 1 saturated carbocycles. The lowest BCUT2D eigenvalue weighted by atomic mass is 9.80. The molecule has 1 aromatic carbocycles. The molecule has 0 bridgehead atoms. The van der Waals surface area contributed by atoms with Crippen molar-refractivity contribution in [1.82, 2.24) is 20.1 Å². The summed E-state index contributed by atoms with van der Waals surface area (Å²) in [5.74, 6) is 1.36. The maximum absolute atomic E-state index is 14.1. The van der Waals surface area contributed by atoms with Gasteiger partial charge in [0.25, 0.3) is 5.91 Å². The van der Waals surface area contributed by atoms with Crippen LogP contribution in [0.2, 0.25) is 0 Å². The Morgan fingerprint density at radius 1 is 1.08 bits per heavy atom. The number of fused-ring (bicyclic) bond motifs is 2. The van der Waals surface area contributed by atoms with Gasteiger partial charge in [-0.1, -0.05) is 25.1 Å². The number of piperazine rings is 1. The van der Waals surface area contributed by atoms with Crippen molar-refractivity contribution in [3.05, 3.63) is 65.2 Å². The van der Waals surface area contributed by atoms with Crippen LogP contribution in [-0.4, -0.2) is 65.4 Å². The van der Waals surface area contributed by atoms with Gasteiger partial charge >= 0.3 is 0 Å². The second kappa shape index (κ2) is 9.54. The standard InChI is InChI=1S/C29H32N4O3/c1-19-15-20(17-22-5-4-14-36-22)28-24(16-19)27(23-6-2-3-7-25(23)31-28)29(35)33-12-10-32(11-13-33)18-26(34)30-21-8-9-21/h2-7,14,17,19,21H,8-13,15-16,18H2,1H3,(H,30,34)/b20-17+. The van der Waals surface area contributed by atoms with Crippen molar-refractivity contribution in [2.75, 3.05) is 32.7 Å². The predicted molar refractivity (Wildman–Crippen MR) is 139 cm³/mol. The molecule has 7 nitrogen and oxygen atoms in total. The summed E-state index contributed by atoms with van der Waals surface area (Å²) in [7, 11) is 0. The summed E-state index contributed by atoms with van der Waals surface area (Å²) in [4.78, 5) is 35.4. The number of hydrogen-bond donors (Lipinski definition) is 1. The second-order valence-electron chi connectivity index (χ2n) is 10.4. The number of nitrogens with one attached hydrogen (secondary N) is 1. The third kappa shape index (κ3) is 4.67. The molecule has 6 rings (SSSR count). The summed E-state index contributed by atoms with van der Waals surface area (Å²) in [6.45, 7) is 5.28. The summed E-state index contributed by atoms with van der Waals surface area (Å²) in [5, 5.41) is 3.97. The molecule has 186 valence electrons. The normalized spacial score (nSPS) is 21.5. The lowest BCUT2D eigenvalue weighted by Crippen LogP contribution is -2.51. The molecule has 1 unspecified atom stereocenters. The van der Waals surface area contributed by atoms with Crippen molar-refractivity contribution < 1.29 is 14.0 Å². The molecule has 3 heterocycles. The zero-order valence-corrected chi connectivity index (χ0v) is 20.7. The van der Waals surface area contributed by atoms with Crippen molar-refractivity contribution in [3.63, 3.8) is 0 Å². The second-order valence-corrected chi connectivity index (χ2v) is 10.4. The monoisotopic (exact) mass is 484 g/mol. The number of allylic oxidation sites excluding steroid dienone is 1. The van der Waals surface area contributed by atoms with Crippen LogP contribution in [0.25, 0.3) is 22.6 Å². The quantitative estimate of drug-likeness (QED) is 0.593. The van der Waals surface area contributed by atoms with Crippen LogP contribution in [0, 0.1) is 5.92 Å². The van der Waals surface area contributed by atoms with E-state index in [1.807, 2.05) is 41.3 Å². The van der Waals surface area contributed by atoms with Gasteiger partial charge in [0.15, 0.2) is 0 Å². The first-order valence-electron chi connectivity index (χ1n) is 13.0. The number of hydrogen-bond acceptors (Lipinski definition) is 5. The van der Waals surface area contributed by atoms with Gasteiger partial charge in [0, 0.05) is 37.6 Å². The highest BCUT2D eigenvalue weighted by Crippen LogP contribution is 2.39. The number of carbonyl (C=O) groups excluding carboxylic acids is 2. The number of pyridine rings is 1. The molecule has 2 aliphatic carbocycles. The number of aromatic nitrogens is 1. The first-order chi connectivity index (χ1) is 17.5. The minimum absolute atomic E-state index is 0.0679. The Bertz CT molecular complexity index is 1320. The predicted octanol–water partition coefficient (Wildman–Crippen LogP) is 3.99. The molecule has 2 fully saturated rings. The summed E-state index contributed by atoms with van der Waals surface area (Å²) >= 11 is 0. The first kappa shape index (κ1) is 23.0. The summed E-state index contributed by atoms with van der Waals surface area (Å²) in [6.07, 6.45) is 7.65. The molecule has 3 aliphatic rings. The average Bonchev–Trinajstić information content (AvgIpc) is 3.53. The van der Waals surface area contributed by atoms with Crippen LogP contribution in [0.4, 0.5) is 0 Å². The van der Waals surface area contributed by atoms with Gasteiger partial charge in [0.05, 0.1) is 29.6 Å². The lowest BCUT2D eigenvalue weighted by molar-refractivity contribution is -0.122. The number of rotatable bonds is 5. The minimum Gasteiger partial charge on any atom is -0.465 e. The van der Waals surface area contributed by atoms with Gasteiger partial charge in [0.1, 0.15) is 5.76 Å². The molecule has 2 aromatic heterocycles. The van der Waals surface area contributed by atoms with Crippen LogP contribution >= 0.6 is 0 Å². The zero-order chi connectivity index (χ0) is 24.6. The van der Waals surface area contributed by atoms with Gasteiger partial charge in [-0.15, -0.1) is 0 Å². The van der Waals surface area contributed by atoms with E-state index >= 15 is 0 Å². The number of nitrogens with zero attached hydrogens (tertiary/aromatic N) is 3. The van der Waals surface area contributed by atoms with E-state index < -0.39 is 0 Å². The highest BCUT2D eigenvalue weighted by Gasteiger charge is 2.32. The average molecular weight is 485 g/mol. The highest BCUT2D eigenvalue weighted by atomic mass is 16.3. The number of carbonyl (C=O) groups is 2. The number of furan rings is 1. The van der Waals surface area contributed by atoms with Gasteiger partial charge in [-0.3, -0.25) is 14.5 Å². The van der Waals surface area contributed by atoms with Gasteiger partial charge in [-0.2, -0.15) is 0 Å². The van der Waals surface area contributed by atoms with E-state index in [4.69, 9.17) is 9.40 Å². The van der Waals surface area contributed by atoms with E-state index in [2.05, 4.69) is 23.2 Å². The summed E-state index contributed by atoms with van der Waals surface area (Å²) in [6, 6.07) is 12.2. The van der Waals surface area contributed by atoms with E-state index in [1.165, 1.54) is 0 Å². The third-order valence-corrected chi connectivity index (χ3v) is 7.46. The van der Waals surface area contributed by atoms with Crippen LogP contribution in [0.1, 0.15) is 53.6 Å². The van der Waals surface area contributed by atoms with Gasteiger partial charge < -0.3 is 14.6 Å². The SMILES string of the molecule is CC1C/C(=C\c2ccco2)c2nc3ccccc3c(C(=O)N3CCN(CC(=O)NC4CC4)CC3)c2C1. The maximum Gasteiger partial charge on any atom is 0.254 e. The van der Waals surface area contributed by atoms with Gasteiger partial charge in [-0.25, -0.2) is 4.98 Å². The smallest absolute Gasteiger partial charge is 0.254 e. The van der Waals surface area contributed by atoms with E-state index in [1.54, 1.807) is 6.26 Å². The topological polar surface area (TPSA) is 78.7 Å². The largest absolute Gasteiger partial charge is 0.465 e. The highest BCUT2D eigenvalue weighted by molar-refractivity contribution is 6.09. The Morgan fingerprint density at radius 2 is 1.89 bits per heavy atom. The van der Waals surface area contributed by atoms with Crippen molar-refractivity contribution in [1.29, 1.82) is 0 Å². The lowest BCUT2D eigenvalue weighted by Gasteiger charge is -2.35. The van der Waals surface area contributed by atoms with E-state index in [-0.39, 0.29) is 11.8 Å². The fourth-order valence-electron chi connectivity index (χ4n) is 5.50. The molecule has 1 aliphatic heterocycles. The molecule has 0 spiro atoms. The van der Waals surface area contributed by atoms with Gasteiger partial charge in [-0.05, 0) is 67.0 Å². The first-order valence-corrected chi connectivity index (χ1v) is 13.0. The third-order valence-electron chi connectivity index (χ3n) is 7.46. The van der Waals surface area contributed by atoms with Crippen molar-refractivity contribution in [3.8, 4) is 0 Å². The number of para-hydroxylation sites is 1. The Morgan fingerprint density at radius 3 is 2.64 bits per heavy atom. The fourth-order valence-corrected chi connectivity index (χ4v) is 5.50. The fraction of sp³-hybridized carbons (Fsp3) is 0.414. The molecule has 7 heteroatoms. The van der Waals surface area contributed by atoms with Gasteiger partial charge in [0.2, 0.25) is 5.91 Å². The Balaban J connectivity index is 1.30. The Labute approximate surface area is 211 Å².